The molecule has 0 saturated heterocycles. The Bertz CT molecular complexity index is 1160. The van der Waals surface area contributed by atoms with Gasteiger partial charge >= 0.3 is 12.1 Å². The van der Waals surface area contributed by atoms with E-state index in [0.717, 1.165) is 19.1 Å². The van der Waals surface area contributed by atoms with Crippen LogP contribution in [-0.4, -0.2) is 54.3 Å². The molecule has 1 amide bonds. The first-order valence-corrected chi connectivity index (χ1v) is 12.8. The Balaban J connectivity index is 1.80. The number of rotatable bonds is 8. The van der Waals surface area contributed by atoms with Crippen LogP contribution < -0.4 is 9.47 Å². The van der Waals surface area contributed by atoms with E-state index in [1.165, 1.54) is 19.2 Å². The summed E-state index contributed by atoms with van der Waals surface area (Å²) in [4.78, 5) is 24.9. The standard InChI is InChI=1S/C23H28N2O7S2/c1-6-30-20(26)15-25(34(28,29)18-12-10-16(2)11-13-18)33-24(5)22(27)31-19-9-7-8-17-14-23(3,4)32-21(17)19/h7-13H,6,14-15H2,1-5H3. The van der Waals surface area contributed by atoms with Crippen molar-refractivity contribution in [1.82, 2.24) is 8.02 Å². The predicted octanol–water partition coefficient (Wildman–Crippen LogP) is 3.96. The van der Waals surface area contributed by atoms with Gasteiger partial charge in [0.15, 0.2) is 11.5 Å². The van der Waals surface area contributed by atoms with Crippen LogP contribution in [0, 0.1) is 6.92 Å². The minimum Gasteiger partial charge on any atom is -0.483 e. The van der Waals surface area contributed by atoms with Crippen LogP contribution >= 0.6 is 12.1 Å². The van der Waals surface area contributed by atoms with Crippen molar-refractivity contribution in [2.75, 3.05) is 20.2 Å². The molecule has 0 saturated carbocycles. The van der Waals surface area contributed by atoms with Crippen molar-refractivity contribution in [2.24, 2.45) is 0 Å². The maximum absolute atomic E-state index is 13.2. The first-order valence-electron chi connectivity index (χ1n) is 10.6. The molecular weight excluding hydrogens is 480 g/mol. The average molecular weight is 509 g/mol. The highest BCUT2D eigenvalue weighted by molar-refractivity contribution is 8.07. The second-order valence-electron chi connectivity index (χ2n) is 8.31. The van der Waals surface area contributed by atoms with E-state index < -0.39 is 34.2 Å². The van der Waals surface area contributed by atoms with E-state index in [-0.39, 0.29) is 17.3 Å². The molecule has 2 aromatic carbocycles. The topological polar surface area (TPSA) is 102 Å². The van der Waals surface area contributed by atoms with Crippen LogP contribution in [0.4, 0.5) is 4.79 Å². The summed E-state index contributed by atoms with van der Waals surface area (Å²) in [5.41, 5.74) is 1.37. The zero-order chi connectivity index (χ0) is 25.1. The van der Waals surface area contributed by atoms with Gasteiger partial charge in [-0.2, -0.15) is 0 Å². The highest BCUT2D eigenvalue weighted by Crippen LogP contribution is 2.42. The van der Waals surface area contributed by atoms with Crippen LogP contribution in [0.5, 0.6) is 11.5 Å². The van der Waals surface area contributed by atoms with Gasteiger partial charge in [-0.05, 0) is 45.9 Å². The molecule has 0 unspecified atom stereocenters. The van der Waals surface area contributed by atoms with Gasteiger partial charge in [0.25, 0.3) is 10.0 Å². The molecule has 0 bridgehead atoms. The zero-order valence-corrected chi connectivity index (χ0v) is 21.4. The lowest BCUT2D eigenvalue weighted by atomic mass is 10.0. The summed E-state index contributed by atoms with van der Waals surface area (Å²) in [6.45, 7) is 6.82. The maximum atomic E-state index is 13.2. The third-order valence-electron chi connectivity index (χ3n) is 4.87. The van der Waals surface area contributed by atoms with Gasteiger partial charge in [0, 0.05) is 19.0 Å². The van der Waals surface area contributed by atoms with Crippen molar-refractivity contribution < 1.29 is 32.2 Å². The Morgan fingerprint density at radius 3 is 2.47 bits per heavy atom. The van der Waals surface area contributed by atoms with E-state index >= 15 is 0 Å². The lowest BCUT2D eigenvalue weighted by Gasteiger charge is -2.25. The molecule has 0 N–H and O–H groups in total. The molecule has 1 aliphatic rings. The molecule has 2 aromatic rings. The van der Waals surface area contributed by atoms with Crippen molar-refractivity contribution in [1.29, 1.82) is 0 Å². The Morgan fingerprint density at radius 2 is 1.82 bits per heavy atom. The van der Waals surface area contributed by atoms with Crippen LogP contribution in [0.3, 0.4) is 0 Å². The molecule has 0 atom stereocenters. The highest BCUT2D eigenvalue weighted by atomic mass is 32.3. The molecule has 0 spiro atoms. The summed E-state index contributed by atoms with van der Waals surface area (Å²) in [5.74, 6) is -0.0299. The van der Waals surface area contributed by atoms with Crippen LogP contribution in [0.1, 0.15) is 31.9 Å². The highest BCUT2D eigenvalue weighted by Gasteiger charge is 2.34. The number of para-hydroxylation sites is 1. The second-order valence-corrected chi connectivity index (χ2v) is 11.6. The third kappa shape index (κ3) is 6.02. The van der Waals surface area contributed by atoms with Crippen molar-refractivity contribution in [2.45, 2.75) is 44.6 Å². The fourth-order valence-electron chi connectivity index (χ4n) is 3.29. The molecule has 184 valence electrons. The Morgan fingerprint density at radius 1 is 1.15 bits per heavy atom. The zero-order valence-electron chi connectivity index (χ0n) is 19.7. The van der Waals surface area contributed by atoms with Crippen LogP contribution in [0.2, 0.25) is 0 Å². The monoisotopic (exact) mass is 508 g/mol. The van der Waals surface area contributed by atoms with Crippen LogP contribution in [0.25, 0.3) is 0 Å². The minimum atomic E-state index is -4.14. The molecule has 0 aliphatic carbocycles. The smallest absolute Gasteiger partial charge is 0.426 e. The van der Waals surface area contributed by atoms with Gasteiger partial charge in [-0.25, -0.2) is 17.5 Å². The quantitative estimate of drug-likeness (QED) is 0.390. The molecular formula is C23H28N2O7S2. The number of esters is 1. The molecule has 0 radical (unpaired) electrons. The summed E-state index contributed by atoms with van der Waals surface area (Å²) < 4.78 is 44.6. The largest absolute Gasteiger partial charge is 0.483 e. The summed E-state index contributed by atoms with van der Waals surface area (Å²) >= 11 is 0.528. The third-order valence-corrected chi connectivity index (χ3v) is 7.90. The van der Waals surface area contributed by atoms with Crippen molar-refractivity contribution in [3.63, 3.8) is 0 Å². The van der Waals surface area contributed by atoms with Crippen LogP contribution in [0.15, 0.2) is 47.4 Å². The maximum Gasteiger partial charge on any atom is 0.426 e. The second kappa shape index (κ2) is 10.2. The number of carbonyl (C=O) groups excluding carboxylic acids is 2. The number of hydrogen-bond acceptors (Lipinski definition) is 8. The molecule has 1 heterocycles. The number of aryl methyl sites for hydroxylation is 1. The fraction of sp³-hybridized carbons (Fsp3) is 0.391. The molecule has 3 rings (SSSR count). The lowest BCUT2D eigenvalue weighted by Crippen LogP contribution is -2.36. The van der Waals surface area contributed by atoms with Crippen LogP contribution in [-0.2, 0) is 26.0 Å². The fourth-order valence-corrected chi connectivity index (χ4v) is 5.73. The van der Waals surface area contributed by atoms with E-state index in [2.05, 4.69) is 0 Å². The Labute approximate surface area is 204 Å². The number of sulfonamides is 1. The van der Waals surface area contributed by atoms with Gasteiger partial charge in [0.2, 0.25) is 0 Å². The number of ether oxygens (including phenoxy) is 3. The van der Waals surface area contributed by atoms with E-state index in [9.17, 15) is 18.0 Å². The summed E-state index contributed by atoms with van der Waals surface area (Å²) in [5, 5.41) is 0. The van der Waals surface area contributed by atoms with Crippen molar-refractivity contribution >= 4 is 34.2 Å². The van der Waals surface area contributed by atoms with E-state index in [4.69, 9.17) is 14.2 Å². The Hall–Kier alpha value is -2.76. The molecule has 34 heavy (non-hydrogen) atoms. The van der Waals surface area contributed by atoms with Gasteiger partial charge in [-0.3, -0.25) is 4.79 Å². The van der Waals surface area contributed by atoms with Gasteiger partial charge in [-0.1, -0.05) is 29.8 Å². The summed E-state index contributed by atoms with van der Waals surface area (Å²) in [7, 11) is -2.79. The van der Waals surface area contributed by atoms with Crippen molar-refractivity contribution in [3.05, 3.63) is 53.6 Å². The van der Waals surface area contributed by atoms with Gasteiger partial charge in [-0.15, -0.1) is 3.71 Å². The normalized spacial score (nSPS) is 14.3. The molecule has 1 aliphatic heterocycles. The number of nitrogens with zero attached hydrogens (tertiary/aromatic N) is 2. The molecule has 11 heteroatoms. The summed E-state index contributed by atoms with van der Waals surface area (Å²) in [6, 6.07) is 11.4. The molecule has 0 fully saturated rings. The van der Waals surface area contributed by atoms with Crippen molar-refractivity contribution in [3.8, 4) is 11.5 Å². The Kier molecular flexibility index (Phi) is 7.79. The molecule has 0 aromatic heterocycles. The van der Waals surface area contributed by atoms with E-state index in [0.29, 0.717) is 24.3 Å². The molecule has 9 nitrogen and oxygen atoms in total. The van der Waals surface area contributed by atoms with E-state index in [1.54, 1.807) is 31.2 Å². The van der Waals surface area contributed by atoms with Gasteiger partial charge in [0.1, 0.15) is 12.1 Å². The number of benzene rings is 2. The van der Waals surface area contributed by atoms with Gasteiger partial charge in [0.05, 0.1) is 23.6 Å². The number of fused-ring (bicyclic) bond motifs is 1. The first kappa shape index (κ1) is 25.9. The minimum absolute atomic E-state index is 0.0202. The number of carbonyl (C=O) groups is 2. The van der Waals surface area contributed by atoms with E-state index in [1.807, 2.05) is 26.8 Å². The number of amides is 1. The average Bonchev–Trinajstić information content (AvgIpc) is 3.08. The first-order chi connectivity index (χ1) is 15.9. The predicted molar refractivity (Wildman–Crippen MR) is 128 cm³/mol. The van der Waals surface area contributed by atoms with Gasteiger partial charge < -0.3 is 14.2 Å². The lowest BCUT2D eigenvalue weighted by molar-refractivity contribution is -0.142. The summed E-state index contributed by atoms with van der Waals surface area (Å²) in [6.07, 6.45) is -0.167. The SMILES string of the molecule is CCOC(=O)CN(SN(C)C(=O)Oc1cccc2c1OC(C)(C)C2)S(=O)(=O)c1ccc(C)cc1. The number of hydrogen-bond donors (Lipinski definition) is 0.